The molecule has 0 aliphatic heterocycles. The molecule has 0 aromatic carbocycles. The minimum Gasteiger partial charge on any atom is -0.393 e. The van der Waals surface area contributed by atoms with E-state index in [1.54, 1.807) is 13.8 Å². The zero-order valence-corrected chi connectivity index (χ0v) is 14.7. The van der Waals surface area contributed by atoms with Crippen LogP contribution in [0.4, 0.5) is 0 Å². The molecule has 5 heteroatoms. The van der Waals surface area contributed by atoms with Crippen molar-refractivity contribution in [1.82, 2.24) is 0 Å². The normalized spacial score (nSPS) is 23.2. The van der Waals surface area contributed by atoms with Gasteiger partial charge in [0, 0.05) is 0 Å². The maximum absolute atomic E-state index is 10.2. The Kier molecular flexibility index (Phi) is 10.5. The Balaban J connectivity index is 4.27. The van der Waals surface area contributed by atoms with Gasteiger partial charge in [-0.2, -0.15) is 0 Å². The molecule has 8 atom stereocenters. The predicted octanol–water partition coefficient (Wildman–Crippen LogP) is 1.30. The molecule has 5 N–H and O–H groups in total. The molecular weight excluding hydrogens is 284 g/mol. The molecule has 8 unspecified atom stereocenters. The molecule has 134 valence electrons. The molecule has 0 saturated heterocycles. The molecule has 0 saturated carbocycles. The lowest BCUT2D eigenvalue weighted by atomic mass is 9.84. The second kappa shape index (κ2) is 10.6. The predicted molar refractivity (Wildman–Crippen MR) is 87.3 cm³/mol. The van der Waals surface area contributed by atoms with Crippen molar-refractivity contribution in [2.24, 2.45) is 17.8 Å². The second-order valence-electron chi connectivity index (χ2n) is 7.27. The van der Waals surface area contributed by atoms with Crippen LogP contribution in [0.2, 0.25) is 0 Å². The molecule has 0 aromatic rings. The molecular formula is C17H36O5. The summed E-state index contributed by atoms with van der Waals surface area (Å²) in [6, 6.07) is 0. The summed E-state index contributed by atoms with van der Waals surface area (Å²) in [7, 11) is 0. The van der Waals surface area contributed by atoms with E-state index < -0.39 is 30.5 Å². The van der Waals surface area contributed by atoms with Crippen LogP contribution in [0.5, 0.6) is 0 Å². The zero-order valence-electron chi connectivity index (χ0n) is 14.7. The lowest BCUT2D eigenvalue weighted by Gasteiger charge is -2.28. The highest BCUT2D eigenvalue weighted by Crippen LogP contribution is 2.24. The maximum Gasteiger partial charge on any atom is 0.0591 e. The van der Waals surface area contributed by atoms with Gasteiger partial charge in [0.05, 0.1) is 30.5 Å². The third-order valence-corrected chi connectivity index (χ3v) is 4.49. The smallest absolute Gasteiger partial charge is 0.0591 e. The fourth-order valence-corrected chi connectivity index (χ4v) is 2.82. The number of rotatable bonds is 11. The van der Waals surface area contributed by atoms with E-state index in [0.717, 1.165) is 0 Å². The van der Waals surface area contributed by atoms with Gasteiger partial charge in [0.1, 0.15) is 0 Å². The van der Waals surface area contributed by atoms with Crippen molar-refractivity contribution in [3.05, 3.63) is 0 Å². The molecule has 0 rings (SSSR count). The van der Waals surface area contributed by atoms with Crippen LogP contribution in [0.3, 0.4) is 0 Å². The van der Waals surface area contributed by atoms with Crippen LogP contribution in [-0.2, 0) is 0 Å². The van der Waals surface area contributed by atoms with E-state index in [0.29, 0.717) is 25.7 Å². The summed E-state index contributed by atoms with van der Waals surface area (Å²) < 4.78 is 0. The quantitative estimate of drug-likeness (QED) is 0.395. The molecule has 0 amide bonds. The average Bonchev–Trinajstić information content (AvgIpc) is 2.36. The van der Waals surface area contributed by atoms with E-state index in [1.165, 1.54) is 0 Å². The van der Waals surface area contributed by atoms with Gasteiger partial charge in [0.15, 0.2) is 0 Å². The molecule has 0 aliphatic rings. The van der Waals surface area contributed by atoms with E-state index in [4.69, 9.17) is 0 Å². The molecule has 0 spiro atoms. The van der Waals surface area contributed by atoms with E-state index in [9.17, 15) is 25.5 Å². The molecule has 0 radical (unpaired) electrons. The standard InChI is InChI=1S/C17H36O5/c1-10(6-13(4)18)15(20)7-11(2)16(21)8-12(3)17(22)9-14(5)19/h10-22H,6-9H2,1-5H3. The first kappa shape index (κ1) is 21.8. The maximum atomic E-state index is 10.2. The van der Waals surface area contributed by atoms with Gasteiger partial charge in [-0.3, -0.25) is 0 Å². The first-order valence-electron chi connectivity index (χ1n) is 8.44. The summed E-state index contributed by atoms with van der Waals surface area (Å²) in [6.45, 7) is 8.97. The lowest BCUT2D eigenvalue weighted by molar-refractivity contribution is 0.00142. The molecule has 0 aliphatic carbocycles. The first-order chi connectivity index (χ1) is 10.0. The summed E-state index contributed by atoms with van der Waals surface area (Å²) in [5.41, 5.74) is 0. The monoisotopic (exact) mass is 320 g/mol. The molecule has 0 bridgehead atoms. The Morgan fingerprint density at radius 3 is 1.05 bits per heavy atom. The Morgan fingerprint density at radius 1 is 0.455 bits per heavy atom. The van der Waals surface area contributed by atoms with Crippen LogP contribution >= 0.6 is 0 Å². The Labute approximate surface area is 135 Å². The van der Waals surface area contributed by atoms with E-state index in [-0.39, 0.29) is 17.8 Å². The lowest BCUT2D eigenvalue weighted by Crippen LogP contribution is -2.31. The number of hydrogen-bond acceptors (Lipinski definition) is 5. The van der Waals surface area contributed by atoms with Crippen molar-refractivity contribution in [3.8, 4) is 0 Å². The van der Waals surface area contributed by atoms with Crippen molar-refractivity contribution in [3.63, 3.8) is 0 Å². The van der Waals surface area contributed by atoms with Crippen LogP contribution in [0.1, 0.15) is 60.3 Å². The summed E-state index contributed by atoms with van der Waals surface area (Å²) >= 11 is 0. The van der Waals surface area contributed by atoms with Crippen molar-refractivity contribution in [2.75, 3.05) is 0 Å². The number of aliphatic hydroxyl groups is 5. The number of aliphatic hydroxyl groups excluding tert-OH is 5. The fraction of sp³-hybridized carbons (Fsp3) is 1.00. The minimum atomic E-state index is -0.638. The van der Waals surface area contributed by atoms with Crippen LogP contribution in [0.15, 0.2) is 0 Å². The van der Waals surface area contributed by atoms with Gasteiger partial charge in [-0.15, -0.1) is 0 Å². The van der Waals surface area contributed by atoms with Gasteiger partial charge >= 0.3 is 0 Å². The van der Waals surface area contributed by atoms with Crippen LogP contribution < -0.4 is 0 Å². The molecule has 0 fully saturated rings. The highest BCUT2D eigenvalue weighted by atomic mass is 16.3. The highest BCUT2D eigenvalue weighted by molar-refractivity contribution is 4.77. The Hall–Kier alpha value is -0.200. The SMILES string of the molecule is CC(O)CC(C)C(O)CC(C)C(O)CC(C)C(O)CC(C)O. The minimum absolute atomic E-state index is 0.0205. The van der Waals surface area contributed by atoms with E-state index in [1.807, 2.05) is 20.8 Å². The van der Waals surface area contributed by atoms with Gasteiger partial charge in [0.2, 0.25) is 0 Å². The molecule has 22 heavy (non-hydrogen) atoms. The molecule has 0 aromatic heterocycles. The largest absolute Gasteiger partial charge is 0.393 e. The first-order valence-corrected chi connectivity index (χ1v) is 8.44. The van der Waals surface area contributed by atoms with E-state index >= 15 is 0 Å². The van der Waals surface area contributed by atoms with Gasteiger partial charge < -0.3 is 25.5 Å². The summed E-state index contributed by atoms with van der Waals surface area (Å²) in [5, 5.41) is 49.0. The van der Waals surface area contributed by atoms with Gasteiger partial charge in [-0.25, -0.2) is 0 Å². The van der Waals surface area contributed by atoms with E-state index in [2.05, 4.69) is 0 Å². The summed E-state index contributed by atoms with van der Waals surface area (Å²) in [5.74, 6) is -0.223. The van der Waals surface area contributed by atoms with Crippen LogP contribution in [0.25, 0.3) is 0 Å². The summed E-state index contributed by atoms with van der Waals surface area (Å²) in [6.07, 6.45) is -1.06. The summed E-state index contributed by atoms with van der Waals surface area (Å²) in [4.78, 5) is 0. The third kappa shape index (κ3) is 9.06. The van der Waals surface area contributed by atoms with Crippen LogP contribution in [-0.4, -0.2) is 56.1 Å². The second-order valence-corrected chi connectivity index (χ2v) is 7.27. The zero-order chi connectivity index (χ0) is 17.4. The Bertz CT molecular complexity index is 254. The van der Waals surface area contributed by atoms with Gasteiger partial charge in [0.25, 0.3) is 0 Å². The van der Waals surface area contributed by atoms with Gasteiger partial charge in [-0.05, 0) is 57.3 Å². The third-order valence-electron chi connectivity index (χ3n) is 4.49. The van der Waals surface area contributed by atoms with Crippen LogP contribution in [0, 0.1) is 17.8 Å². The Morgan fingerprint density at radius 2 is 0.727 bits per heavy atom. The van der Waals surface area contributed by atoms with Gasteiger partial charge in [-0.1, -0.05) is 20.8 Å². The molecule has 5 nitrogen and oxygen atoms in total. The van der Waals surface area contributed by atoms with Crippen molar-refractivity contribution in [1.29, 1.82) is 0 Å². The topological polar surface area (TPSA) is 101 Å². The van der Waals surface area contributed by atoms with Crippen molar-refractivity contribution >= 4 is 0 Å². The number of hydrogen-bond donors (Lipinski definition) is 5. The molecule has 0 heterocycles. The fourth-order valence-electron chi connectivity index (χ4n) is 2.82. The van der Waals surface area contributed by atoms with Crippen molar-refractivity contribution < 1.29 is 25.5 Å². The average molecular weight is 320 g/mol. The highest BCUT2D eigenvalue weighted by Gasteiger charge is 2.26. The van der Waals surface area contributed by atoms with Crippen molar-refractivity contribution in [2.45, 2.75) is 90.8 Å².